The Labute approximate surface area is 148 Å². The van der Waals surface area contributed by atoms with Crippen molar-refractivity contribution < 1.29 is 14.3 Å². The van der Waals surface area contributed by atoms with Crippen molar-refractivity contribution in [2.24, 2.45) is 11.8 Å². The minimum atomic E-state index is -0.225. The molecule has 0 aliphatic carbocycles. The number of urea groups is 1. The average Bonchev–Trinajstić information content (AvgIpc) is 2.92. The molecular weight excluding hydrogens is 320 g/mol. The van der Waals surface area contributed by atoms with E-state index in [9.17, 15) is 9.59 Å². The molecule has 0 aromatic carbocycles. The van der Waals surface area contributed by atoms with Crippen molar-refractivity contribution in [3.8, 4) is 0 Å². The van der Waals surface area contributed by atoms with Crippen LogP contribution < -0.4 is 10.6 Å². The third-order valence-electron chi connectivity index (χ3n) is 4.63. The summed E-state index contributed by atoms with van der Waals surface area (Å²) >= 11 is 0. The number of aromatic nitrogens is 1. The fraction of sp³-hybridized carbons (Fsp3) is 0.611. The van der Waals surface area contributed by atoms with E-state index in [0.717, 1.165) is 5.56 Å². The normalized spacial score (nSPS) is 25.1. The third-order valence-corrected chi connectivity index (χ3v) is 4.63. The van der Waals surface area contributed by atoms with E-state index >= 15 is 0 Å². The van der Waals surface area contributed by atoms with Gasteiger partial charge in [0.25, 0.3) is 0 Å². The van der Waals surface area contributed by atoms with Crippen LogP contribution in [0.2, 0.25) is 0 Å². The largest absolute Gasteiger partial charge is 0.370 e. The van der Waals surface area contributed by atoms with Crippen LogP contribution in [0.4, 0.5) is 4.79 Å². The minimum absolute atomic E-state index is 0.0132. The van der Waals surface area contributed by atoms with Crippen LogP contribution >= 0.6 is 0 Å². The number of nitrogens with one attached hydrogen (secondary N) is 2. The van der Waals surface area contributed by atoms with Gasteiger partial charge in [0.2, 0.25) is 5.91 Å². The molecule has 7 heteroatoms. The number of likely N-dealkylation sites (tertiary alicyclic amines) is 1. The Morgan fingerprint density at radius 1 is 1.36 bits per heavy atom. The van der Waals surface area contributed by atoms with Gasteiger partial charge in [-0.2, -0.15) is 0 Å². The molecular formula is C18H26N4O3. The highest BCUT2D eigenvalue weighted by Gasteiger charge is 2.45. The van der Waals surface area contributed by atoms with Gasteiger partial charge in [0.1, 0.15) is 0 Å². The van der Waals surface area contributed by atoms with Crippen LogP contribution in [-0.4, -0.2) is 53.7 Å². The van der Waals surface area contributed by atoms with Crippen molar-refractivity contribution in [3.63, 3.8) is 0 Å². The third kappa shape index (κ3) is 4.48. The average molecular weight is 346 g/mol. The molecule has 1 aromatic rings. The Kier molecular flexibility index (Phi) is 5.53. The van der Waals surface area contributed by atoms with Gasteiger partial charge in [0, 0.05) is 38.6 Å². The van der Waals surface area contributed by atoms with Gasteiger partial charge < -0.3 is 20.3 Å². The molecule has 3 amide bonds. The molecule has 2 fully saturated rings. The molecule has 25 heavy (non-hydrogen) atoms. The lowest BCUT2D eigenvalue weighted by atomic mass is 9.99. The highest BCUT2D eigenvalue weighted by atomic mass is 16.5. The fourth-order valence-corrected chi connectivity index (χ4v) is 3.33. The summed E-state index contributed by atoms with van der Waals surface area (Å²) in [5.41, 5.74) is 0.965. The fourth-order valence-electron chi connectivity index (χ4n) is 3.33. The van der Waals surface area contributed by atoms with Crippen LogP contribution in [0, 0.1) is 11.8 Å². The van der Waals surface area contributed by atoms with E-state index in [1.54, 1.807) is 17.3 Å². The van der Waals surface area contributed by atoms with E-state index in [4.69, 9.17) is 4.74 Å². The zero-order valence-electron chi connectivity index (χ0n) is 14.8. The smallest absolute Gasteiger partial charge is 0.317 e. The molecule has 1 aromatic heterocycles. The predicted octanol–water partition coefficient (Wildman–Crippen LogP) is 1.15. The van der Waals surface area contributed by atoms with E-state index in [2.05, 4.69) is 29.5 Å². The van der Waals surface area contributed by atoms with Crippen LogP contribution in [0.15, 0.2) is 24.5 Å². The summed E-state index contributed by atoms with van der Waals surface area (Å²) in [5.74, 6) is 0.193. The van der Waals surface area contributed by atoms with E-state index in [1.165, 1.54) is 0 Å². The predicted molar refractivity (Wildman–Crippen MR) is 92.7 cm³/mol. The van der Waals surface area contributed by atoms with Gasteiger partial charge in [-0.1, -0.05) is 19.9 Å². The number of amides is 3. The number of morpholine rings is 1. The topological polar surface area (TPSA) is 83.6 Å². The van der Waals surface area contributed by atoms with E-state index in [1.807, 2.05) is 12.1 Å². The van der Waals surface area contributed by atoms with Gasteiger partial charge in [-0.05, 0) is 24.0 Å². The molecule has 136 valence electrons. The second kappa shape index (κ2) is 7.82. The molecule has 2 bridgehead atoms. The number of fused-ring (bicyclic) bond motifs is 2. The number of nitrogens with zero attached hydrogens (tertiary/aromatic N) is 2. The maximum atomic E-state index is 12.5. The number of hydrogen-bond acceptors (Lipinski definition) is 4. The Balaban J connectivity index is 1.52. The number of hydrogen-bond donors (Lipinski definition) is 2. The van der Waals surface area contributed by atoms with Crippen LogP contribution in [0.3, 0.4) is 0 Å². The maximum Gasteiger partial charge on any atom is 0.317 e. The second-order valence-electron chi connectivity index (χ2n) is 7.20. The van der Waals surface area contributed by atoms with Crippen molar-refractivity contribution in [2.75, 3.05) is 19.6 Å². The first-order valence-electron chi connectivity index (χ1n) is 8.87. The van der Waals surface area contributed by atoms with Gasteiger partial charge >= 0.3 is 6.03 Å². The van der Waals surface area contributed by atoms with Crippen LogP contribution in [0.1, 0.15) is 25.8 Å². The first-order chi connectivity index (χ1) is 12.0. The molecule has 3 atom stereocenters. The summed E-state index contributed by atoms with van der Waals surface area (Å²) in [5, 5.41) is 5.90. The van der Waals surface area contributed by atoms with Crippen molar-refractivity contribution in [1.29, 1.82) is 0 Å². The molecule has 0 radical (unpaired) electrons. The highest BCUT2D eigenvalue weighted by molar-refractivity contribution is 5.80. The molecule has 2 saturated heterocycles. The quantitative estimate of drug-likeness (QED) is 0.838. The SMILES string of the molecule is CC(C)CNC(=O)N1C[C@H]2C[C@H](C(=O)NCc3cccnc3)[C@@H](C1)O2. The molecule has 0 saturated carbocycles. The van der Waals surface area contributed by atoms with Gasteiger partial charge in [-0.25, -0.2) is 4.79 Å². The Morgan fingerprint density at radius 3 is 2.92 bits per heavy atom. The number of carbonyl (C=O) groups excluding carboxylic acids is 2. The molecule has 3 heterocycles. The lowest BCUT2D eigenvalue weighted by Gasteiger charge is -2.33. The molecule has 3 rings (SSSR count). The van der Waals surface area contributed by atoms with Crippen molar-refractivity contribution in [3.05, 3.63) is 30.1 Å². The number of pyridine rings is 1. The lowest BCUT2D eigenvalue weighted by Crippen LogP contribution is -2.51. The standard InChI is InChI=1S/C18H26N4O3/c1-12(2)7-21-18(24)22-10-14-6-15(16(11-22)25-14)17(23)20-9-13-4-3-5-19-8-13/h3-5,8,12,14-16H,6-7,9-11H2,1-2H3,(H,20,23)(H,21,24)/t14-,15+,16-/m1/s1. The Morgan fingerprint density at radius 2 is 2.20 bits per heavy atom. The van der Waals surface area contributed by atoms with E-state index in [-0.39, 0.29) is 30.1 Å². The molecule has 2 N–H and O–H groups in total. The van der Waals surface area contributed by atoms with E-state index in [0.29, 0.717) is 38.5 Å². The summed E-state index contributed by atoms with van der Waals surface area (Å²) in [6.07, 6.45) is 3.83. The van der Waals surface area contributed by atoms with Crippen LogP contribution in [-0.2, 0) is 16.1 Å². The number of ether oxygens (including phenoxy) is 1. The first-order valence-corrected chi connectivity index (χ1v) is 8.87. The van der Waals surface area contributed by atoms with Crippen molar-refractivity contribution >= 4 is 11.9 Å². The van der Waals surface area contributed by atoms with Gasteiger partial charge in [0.15, 0.2) is 0 Å². The van der Waals surface area contributed by atoms with Gasteiger partial charge in [0.05, 0.1) is 18.1 Å². The Hall–Kier alpha value is -2.15. The Bertz CT molecular complexity index is 608. The highest BCUT2D eigenvalue weighted by Crippen LogP contribution is 2.32. The second-order valence-corrected chi connectivity index (χ2v) is 7.20. The van der Waals surface area contributed by atoms with Crippen LogP contribution in [0.5, 0.6) is 0 Å². The van der Waals surface area contributed by atoms with Gasteiger partial charge in [-0.3, -0.25) is 9.78 Å². The number of carbonyl (C=O) groups is 2. The molecule has 7 nitrogen and oxygen atoms in total. The van der Waals surface area contributed by atoms with E-state index < -0.39 is 0 Å². The summed E-state index contributed by atoms with van der Waals surface area (Å²) in [4.78, 5) is 30.6. The van der Waals surface area contributed by atoms with Gasteiger partial charge in [-0.15, -0.1) is 0 Å². The van der Waals surface area contributed by atoms with Crippen molar-refractivity contribution in [1.82, 2.24) is 20.5 Å². The summed E-state index contributed by atoms with van der Waals surface area (Å²) in [6, 6.07) is 3.71. The van der Waals surface area contributed by atoms with Crippen molar-refractivity contribution in [2.45, 2.75) is 39.0 Å². The minimum Gasteiger partial charge on any atom is -0.370 e. The first kappa shape index (κ1) is 17.7. The summed E-state index contributed by atoms with van der Waals surface area (Å²) < 4.78 is 5.89. The maximum absolute atomic E-state index is 12.5. The molecule has 0 unspecified atom stereocenters. The molecule has 0 spiro atoms. The van der Waals surface area contributed by atoms with Crippen LogP contribution in [0.25, 0.3) is 0 Å². The zero-order valence-corrected chi connectivity index (χ0v) is 14.8. The summed E-state index contributed by atoms with van der Waals surface area (Å²) in [6.45, 7) is 6.25. The zero-order chi connectivity index (χ0) is 17.8. The molecule has 2 aliphatic heterocycles. The number of rotatable bonds is 5. The molecule has 2 aliphatic rings. The lowest BCUT2D eigenvalue weighted by molar-refractivity contribution is -0.127. The monoisotopic (exact) mass is 346 g/mol. The summed E-state index contributed by atoms with van der Waals surface area (Å²) in [7, 11) is 0.